The zero-order chi connectivity index (χ0) is 14.6. The van der Waals surface area contributed by atoms with Gasteiger partial charge in [-0.25, -0.2) is 4.98 Å². The molecular weight excluding hydrogens is 283 g/mol. The Morgan fingerprint density at radius 2 is 2.16 bits per heavy atom. The van der Waals surface area contributed by atoms with Gasteiger partial charge >= 0.3 is 6.18 Å². The molecule has 0 saturated carbocycles. The quantitative estimate of drug-likeness (QED) is 0.839. The van der Waals surface area contributed by atoms with Crippen molar-refractivity contribution >= 4 is 23.3 Å². The maximum Gasteiger partial charge on any atom is 0.389 e. The van der Waals surface area contributed by atoms with Crippen molar-refractivity contribution in [2.75, 3.05) is 5.73 Å². The van der Waals surface area contributed by atoms with Crippen molar-refractivity contribution in [1.29, 1.82) is 0 Å². The summed E-state index contributed by atoms with van der Waals surface area (Å²) in [5, 5.41) is 2.49. The van der Waals surface area contributed by atoms with Crippen molar-refractivity contribution in [1.82, 2.24) is 10.3 Å². The summed E-state index contributed by atoms with van der Waals surface area (Å²) in [6, 6.07) is 1.99. The minimum Gasteiger partial charge on any atom is -0.384 e. The van der Waals surface area contributed by atoms with Crippen molar-refractivity contribution in [3.63, 3.8) is 0 Å². The number of nitrogen functional groups attached to an aromatic ring is 1. The van der Waals surface area contributed by atoms with Crippen molar-refractivity contribution in [3.8, 4) is 0 Å². The van der Waals surface area contributed by atoms with Gasteiger partial charge in [-0.15, -0.1) is 0 Å². The van der Waals surface area contributed by atoms with Gasteiger partial charge in [-0.05, 0) is 25.5 Å². The van der Waals surface area contributed by atoms with Crippen molar-refractivity contribution < 1.29 is 18.0 Å². The summed E-state index contributed by atoms with van der Waals surface area (Å²) in [5.41, 5.74) is 5.58. The second-order valence-corrected chi connectivity index (χ2v) is 4.52. The molecule has 0 saturated heterocycles. The van der Waals surface area contributed by atoms with Crippen LogP contribution in [0.25, 0.3) is 0 Å². The van der Waals surface area contributed by atoms with Crippen LogP contribution in [0.2, 0.25) is 5.15 Å². The molecule has 4 nitrogen and oxygen atoms in total. The predicted octanol–water partition coefficient (Wildman–Crippen LogP) is 2.78. The third kappa shape index (κ3) is 5.78. The topological polar surface area (TPSA) is 68.0 Å². The summed E-state index contributed by atoms with van der Waals surface area (Å²) in [6.45, 7) is 1.50. The van der Waals surface area contributed by atoms with E-state index in [1.807, 2.05) is 0 Å². The first kappa shape index (κ1) is 15.6. The number of carbonyl (C=O) groups excluding carboxylic acids is 1. The van der Waals surface area contributed by atoms with Gasteiger partial charge in [0.05, 0.1) is 0 Å². The fraction of sp³-hybridized carbons (Fsp3) is 0.455. The van der Waals surface area contributed by atoms with E-state index in [-0.39, 0.29) is 23.0 Å². The first-order valence-electron chi connectivity index (χ1n) is 5.48. The third-order valence-corrected chi connectivity index (χ3v) is 2.51. The monoisotopic (exact) mass is 295 g/mol. The number of rotatable bonds is 4. The lowest BCUT2D eigenvalue weighted by atomic mass is 10.1. The van der Waals surface area contributed by atoms with E-state index in [0.29, 0.717) is 0 Å². The molecule has 19 heavy (non-hydrogen) atoms. The van der Waals surface area contributed by atoms with E-state index in [1.54, 1.807) is 0 Å². The van der Waals surface area contributed by atoms with E-state index in [2.05, 4.69) is 10.3 Å². The van der Waals surface area contributed by atoms with Gasteiger partial charge in [-0.3, -0.25) is 4.79 Å². The average molecular weight is 296 g/mol. The molecule has 0 aliphatic heterocycles. The zero-order valence-corrected chi connectivity index (χ0v) is 10.8. The van der Waals surface area contributed by atoms with Crippen LogP contribution >= 0.6 is 11.6 Å². The average Bonchev–Trinajstić information content (AvgIpc) is 2.24. The number of alkyl halides is 3. The highest BCUT2D eigenvalue weighted by Gasteiger charge is 2.27. The molecule has 1 aromatic rings. The number of nitrogens with two attached hydrogens (primary N) is 1. The molecule has 8 heteroatoms. The number of aromatic nitrogens is 1. The van der Waals surface area contributed by atoms with Crippen molar-refractivity contribution in [3.05, 3.63) is 22.8 Å². The van der Waals surface area contributed by atoms with Crippen LogP contribution in [0.1, 0.15) is 30.1 Å². The summed E-state index contributed by atoms with van der Waals surface area (Å²) in [7, 11) is 0. The molecule has 0 aliphatic carbocycles. The smallest absolute Gasteiger partial charge is 0.384 e. The van der Waals surface area contributed by atoms with Crippen LogP contribution < -0.4 is 11.1 Å². The number of carbonyl (C=O) groups is 1. The lowest BCUT2D eigenvalue weighted by molar-refractivity contribution is -0.136. The van der Waals surface area contributed by atoms with E-state index >= 15 is 0 Å². The predicted molar refractivity (Wildman–Crippen MR) is 65.9 cm³/mol. The van der Waals surface area contributed by atoms with E-state index in [4.69, 9.17) is 17.3 Å². The second-order valence-electron chi connectivity index (χ2n) is 4.13. The summed E-state index contributed by atoms with van der Waals surface area (Å²) >= 11 is 5.63. The van der Waals surface area contributed by atoms with Crippen LogP contribution in [-0.4, -0.2) is 23.1 Å². The first-order chi connectivity index (χ1) is 8.67. The van der Waals surface area contributed by atoms with Gasteiger partial charge in [0.2, 0.25) is 0 Å². The first-order valence-corrected chi connectivity index (χ1v) is 5.86. The Hall–Kier alpha value is -1.50. The minimum absolute atomic E-state index is 0.0492. The highest BCUT2D eigenvalue weighted by Crippen LogP contribution is 2.22. The molecule has 1 amide bonds. The number of pyridine rings is 1. The molecule has 1 unspecified atom stereocenters. The molecule has 1 heterocycles. The van der Waals surface area contributed by atoms with Crippen molar-refractivity contribution in [2.24, 2.45) is 0 Å². The number of nitrogens with zero attached hydrogens (tertiary/aromatic N) is 1. The summed E-state index contributed by atoms with van der Waals surface area (Å²) in [4.78, 5) is 15.4. The van der Waals surface area contributed by atoms with Crippen molar-refractivity contribution in [2.45, 2.75) is 32.0 Å². The van der Waals surface area contributed by atoms with Gasteiger partial charge in [0.15, 0.2) is 0 Å². The standard InChI is InChI=1S/C11H13ClF3N3O/c1-6(2-3-11(13,14)15)17-10(19)7-4-8(12)18-9(16)5-7/h4-6H,2-3H2,1H3,(H2,16,18)(H,17,19). The Balaban J connectivity index is 2.59. The van der Waals surface area contributed by atoms with Gasteiger partial charge in [-0.2, -0.15) is 13.2 Å². The lowest BCUT2D eigenvalue weighted by Gasteiger charge is -2.15. The molecule has 0 radical (unpaired) electrons. The van der Waals surface area contributed by atoms with Crippen LogP contribution in [0.4, 0.5) is 19.0 Å². The molecule has 1 rings (SSSR count). The SMILES string of the molecule is CC(CCC(F)(F)F)NC(=O)c1cc(N)nc(Cl)c1. The molecule has 1 aromatic heterocycles. The number of amides is 1. The van der Waals surface area contributed by atoms with E-state index in [9.17, 15) is 18.0 Å². The molecular formula is C11H13ClF3N3O. The normalized spacial score (nSPS) is 13.1. The number of nitrogens with one attached hydrogen (secondary N) is 1. The van der Waals surface area contributed by atoms with Crippen LogP contribution in [0.3, 0.4) is 0 Å². The van der Waals surface area contributed by atoms with E-state index < -0.39 is 24.5 Å². The number of hydrogen-bond acceptors (Lipinski definition) is 3. The highest BCUT2D eigenvalue weighted by molar-refractivity contribution is 6.29. The van der Waals surface area contributed by atoms with Gasteiger partial charge in [0.1, 0.15) is 11.0 Å². The van der Waals surface area contributed by atoms with Gasteiger partial charge < -0.3 is 11.1 Å². The summed E-state index contributed by atoms with van der Waals surface area (Å²) in [5.74, 6) is -0.466. The fourth-order valence-electron chi connectivity index (χ4n) is 1.41. The van der Waals surface area contributed by atoms with Gasteiger partial charge in [-0.1, -0.05) is 11.6 Å². The number of hydrogen-bond donors (Lipinski definition) is 2. The van der Waals surface area contributed by atoms with E-state index in [0.717, 1.165) is 0 Å². The van der Waals surface area contributed by atoms with Gasteiger partial charge in [0, 0.05) is 18.0 Å². The number of halogens is 4. The molecule has 3 N–H and O–H groups in total. The maximum atomic E-state index is 12.0. The Morgan fingerprint density at radius 1 is 1.53 bits per heavy atom. The lowest BCUT2D eigenvalue weighted by Crippen LogP contribution is -2.33. The largest absolute Gasteiger partial charge is 0.389 e. The zero-order valence-electron chi connectivity index (χ0n) is 10.1. The molecule has 1 atom stereocenters. The molecule has 0 bridgehead atoms. The minimum atomic E-state index is -4.23. The maximum absolute atomic E-state index is 12.0. The summed E-state index contributed by atoms with van der Waals surface area (Å²) < 4.78 is 36.1. The Labute approximate surface area is 113 Å². The molecule has 0 spiro atoms. The molecule has 0 aromatic carbocycles. The Kier molecular flexibility index (Phi) is 4.99. The Bertz CT molecular complexity index is 445. The van der Waals surface area contributed by atoms with Gasteiger partial charge in [0.25, 0.3) is 5.91 Å². The number of anilines is 1. The van der Waals surface area contributed by atoms with Crippen LogP contribution in [0, 0.1) is 0 Å². The van der Waals surface area contributed by atoms with Crippen LogP contribution in [0.5, 0.6) is 0 Å². The Morgan fingerprint density at radius 3 is 2.68 bits per heavy atom. The molecule has 106 valence electrons. The van der Waals surface area contributed by atoms with Crippen LogP contribution in [-0.2, 0) is 0 Å². The second kappa shape index (κ2) is 6.10. The third-order valence-electron chi connectivity index (χ3n) is 2.31. The van der Waals surface area contributed by atoms with Crippen LogP contribution in [0.15, 0.2) is 12.1 Å². The highest BCUT2D eigenvalue weighted by atomic mass is 35.5. The summed E-state index contributed by atoms with van der Waals surface area (Å²) in [6.07, 6.45) is -5.37. The molecule has 0 aliphatic rings. The molecule has 0 fully saturated rings. The van der Waals surface area contributed by atoms with E-state index in [1.165, 1.54) is 19.1 Å². The fourth-order valence-corrected chi connectivity index (χ4v) is 1.62.